The third-order valence-electron chi connectivity index (χ3n) is 1.91. The van der Waals surface area contributed by atoms with Crippen molar-refractivity contribution in [2.45, 2.75) is 45.3 Å². The SMILES string of the molecule is CCCC(CC)NC(=O)NCC(F)(F)F. The zero-order valence-electron chi connectivity index (χ0n) is 8.95. The van der Waals surface area contributed by atoms with Crippen molar-refractivity contribution in [1.82, 2.24) is 10.6 Å². The molecule has 2 N–H and O–H groups in total. The number of hydrogen-bond donors (Lipinski definition) is 2. The molecule has 90 valence electrons. The molecule has 0 saturated heterocycles. The summed E-state index contributed by atoms with van der Waals surface area (Å²) in [7, 11) is 0. The molecule has 0 fully saturated rings. The Hall–Kier alpha value is -0.940. The average molecular weight is 226 g/mol. The first-order chi connectivity index (χ1) is 6.89. The lowest BCUT2D eigenvalue weighted by Crippen LogP contribution is -2.45. The Morgan fingerprint density at radius 2 is 1.93 bits per heavy atom. The number of halogens is 3. The van der Waals surface area contributed by atoms with Gasteiger partial charge >= 0.3 is 12.2 Å². The van der Waals surface area contributed by atoms with Gasteiger partial charge in [-0.2, -0.15) is 13.2 Å². The number of hydrogen-bond acceptors (Lipinski definition) is 1. The van der Waals surface area contributed by atoms with Gasteiger partial charge in [-0.15, -0.1) is 0 Å². The van der Waals surface area contributed by atoms with Crippen molar-refractivity contribution >= 4 is 6.03 Å². The van der Waals surface area contributed by atoms with Crippen LogP contribution in [0.25, 0.3) is 0 Å². The highest BCUT2D eigenvalue weighted by Crippen LogP contribution is 2.12. The van der Waals surface area contributed by atoms with E-state index in [9.17, 15) is 18.0 Å². The topological polar surface area (TPSA) is 41.1 Å². The van der Waals surface area contributed by atoms with Crippen LogP contribution in [0, 0.1) is 0 Å². The van der Waals surface area contributed by atoms with Crippen LogP contribution in [0.1, 0.15) is 33.1 Å². The molecule has 0 bridgehead atoms. The zero-order chi connectivity index (χ0) is 11.9. The van der Waals surface area contributed by atoms with Crippen LogP contribution in [0.5, 0.6) is 0 Å². The van der Waals surface area contributed by atoms with E-state index < -0.39 is 18.8 Å². The van der Waals surface area contributed by atoms with E-state index in [2.05, 4.69) is 5.32 Å². The fraction of sp³-hybridized carbons (Fsp3) is 0.889. The summed E-state index contributed by atoms with van der Waals surface area (Å²) in [4.78, 5) is 11.0. The second kappa shape index (κ2) is 6.53. The minimum atomic E-state index is -4.36. The quantitative estimate of drug-likeness (QED) is 0.742. The molecule has 0 spiro atoms. The number of carbonyl (C=O) groups excluding carboxylic acids is 1. The Labute approximate surface area is 87.4 Å². The molecule has 0 aromatic heterocycles. The third-order valence-corrected chi connectivity index (χ3v) is 1.91. The summed E-state index contributed by atoms with van der Waals surface area (Å²) >= 11 is 0. The van der Waals surface area contributed by atoms with Gasteiger partial charge < -0.3 is 10.6 Å². The summed E-state index contributed by atoms with van der Waals surface area (Å²) < 4.78 is 35.2. The predicted octanol–water partition coefficient (Wildman–Crippen LogP) is 2.43. The van der Waals surface area contributed by atoms with Crippen LogP contribution in [0.15, 0.2) is 0 Å². The number of urea groups is 1. The molecule has 0 aromatic rings. The normalized spacial score (nSPS) is 13.4. The van der Waals surface area contributed by atoms with Crippen LogP contribution in [0.4, 0.5) is 18.0 Å². The first kappa shape index (κ1) is 14.1. The predicted molar refractivity (Wildman–Crippen MR) is 51.6 cm³/mol. The standard InChI is InChI=1S/C9H17F3N2O/c1-3-5-7(4-2)14-8(15)13-6-9(10,11)12/h7H,3-6H2,1-2H3,(H2,13,14,15). The van der Waals surface area contributed by atoms with Gasteiger partial charge in [0.15, 0.2) is 0 Å². The van der Waals surface area contributed by atoms with Crippen molar-refractivity contribution in [3.05, 3.63) is 0 Å². The highest BCUT2D eigenvalue weighted by molar-refractivity contribution is 5.74. The van der Waals surface area contributed by atoms with E-state index in [1.165, 1.54) is 0 Å². The second-order valence-corrected chi connectivity index (χ2v) is 3.34. The number of nitrogens with one attached hydrogen (secondary N) is 2. The van der Waals surface area contributed by atoms with Gasteiger partial charge in [0.1, 0.15) is 6.54 Å². The lowest BCUT2D eigenvalue weighted by atomic mass is 10.1. The molecule has 1 unspecified atom stereocenters. The van der Waals surface area contributed by atoms with Crippen LogP contribution in [0.3, 0.4) is 0 Å². The molecule has 0 radical (unpaired) electrons. The Bertz CT molecular complexity index is 194. The van der Waals surface area contributed by atoms with Crippen molar-refractivity contribution in [3.63, 3.8) is 0 Å². The monoisotopic (exact) mass is 226 g/mol. The molecule has 0 aliphatic heterocycles. The Kier molecular flexibility index (Phi) is 6.12. The smallest absolute Gasteiger partial charge is 0.335 e. The molecule has 0 aliphatic rings. The van der Waals surface area contributed by atoms with E-state index in [1.54, 1.807) is 5.32 Å². The molecule has 15 heavy (non-hydrogen) atoms. The first-order valence-electron chi connectivity index (χ1n) is 5.00. The van der Waals surface area contributed by atoms with E-state index in [-0.39, 0.29) is 6.04 Å². The molecule has 0 aromatic carbocycles. The van der Waals surface area contributed by atoms with E-state index in [0.717, 1.165) is 12.8 Å². The fourth-order valence-corrected chi connectivity index (χ4v) is 1.14. The van der Waals surface area contributed by atoms with Gasteiger partial charge in [-0.3, -0.25) is 0 Å². The van der Waals surface area contributed by atoms with Crippen LogP contribution < -0.4 is 10.6 Å². The maximum atomic E-state index is 11.7. The van der Waals surface area contributed by atoms with Gasteiger partial charge in [-0.1, -0.05) is 20.3 Å². The molecule has 0 rings (SSSR count). The largest absolute Gasteiger partial charge is 0.405 e. The van der Waals surface area contributed by atoms with Gasteiger partial charge in [0.25, 0.3) is 0 Å². The Balaban J connectivity index is 3.81. The lowest BCUT2D eigenvalue weighted by molar-refractivity contribution is -0.122. The molecule has 2 amide bonds. The van der Waals surface area contributed by atoms with Gasteiger partial charge in [-0.25, -0.2) is 4.79 Å². The number of amides is 2. The minimum Gasteiger partial charge on any atom is -0.335 e. The van der Waals surface area contributed by atoms with Crippen molar-refractivity contribution in [1.29, 1.82) is 0 Å². The lowest BCUT2D eigenvalue weighted by Gasteiger charge is -2.17. The molecule has 0 heterocycles. The number of alkyl halides is 3. The Morgan fingerprint density at radius 3 is 2.33 bits per heavy atom. The maximum absolute atomic E-state index is 11.7. The van der Waals surface area contributed by atoms with Crippen molar-refractivity contribution in [3.8, 4) is 0 Å². The van der Waals surface area contributed by atoms with E-state index in [1.807, 2.05) is 13.8 Å². The molecule has 1 atom stereocenters. The Morgan fingerprint density at radius 1 is 1.33 bits per heavy atom. The minimum absolute atomic E-state index is 0.0526. The van der Waals surface area contributed by atoms with Gasteiger partial charge in [-0.05, 0) is 12.8 Å². The van der Waals surface area contributed by atoms with Gasteiger partial charge in [0.05, 0.1) is 0 Å². The highest BCUT2D eigenvalue weighted by atomic mass is 19.4. The van der Waals surface area contributed by atoms with Gasteiger partial charge in [0.2, 0.25) is 0 Å². The van der Waals surface area contributed by atoms with Crippen molar-refractivity contribution < 1.29 is 18.0 Å². The molecule has 0 aliphatic carbocycles. The van der Waals surface area contributed by atoms with Gasteiger partial charge in [0, 0.05) is 6.04 Å². The fourth-order valence-electron chi connectivity index (χ4n) is 1.14. The van der Waals surface area contributed by atoms with Crippen LogP contribution >= 0.6 is 0 Å². The van der Waals surface area contributed by atoms with Crippen molar-refractivity contribution in [2.24, 2.45) is 0 Å². The number of carbonyl (C=O) groups is 1. The number of rotatable bonds is 5. The highest BCUT2D eigenvalue weighted by Gasteiger charge is 2.27. The summed E-state index contributed by atoms with van der Waals surface area (Å²) in [5.41, 5.74) is 0. The summed E-state index contributed by atoms with van der Waals surface area (Å²) in [6.45, 7) is 2.55. The molecule has 6 heteroatoms. The molecular weight excluding hydrogens is 209 g/mol. The average Bonchev–Trinajstić information content (AvgIpc) is 2.13. The first-order valence-corrected chi connectivity index (χ1v) is 5.00. The van der Waals surface area contributed by atoms with E-state index >= 15 is 0 Å². The van der Waals surface area contributed by atoms with Crippen LogP contribution in [-0.4, -0.2) is 24.8 Å². The molecule has 0 saturated carbocycles. The molecule has 3 nitrogen and oxygen atoms in total. The zero-order valence-corrected chi connectivity index (χ0v) is 8.95. The van der Waals surface area contributed by atoms with Crippen molar-refractivity contribution in [2.75, 3.05) is 6.54 Å². The summed E-state index contributed by atoms with van der Waals surface area (Å²) in [6.07, 6.45) is -1.98. The van der Waals surface area contributed by atoms with E-state index in [4.69, 9.17) is 0 Å². The third kappa shape index (κ3) is 8.08. The summed E-state index contributed by atoms with van der Waals surface area (Å²) in [6, 6.07) is -0.809. The molecular formula is C9H17F3N2O. The summed E-state index contributed by atoms with van der Waals surface area (Å²) in [5.74, 6) is 0. The van der Waals surface area contributed by atoms with Crippen LogP contribution in [0.2, 0.25) is 0 Å². The van der Waals surface area contributed by atoms with Crippen LogP contribution in [-0.2, 0) is 0 Å². The maximum Gasteiger partial charge on any atom is 0.405 e. The second-order valence-electron chi connectivity index (χ2n) is 3.34. The summed E-state index contributed by atoms with van der Waals surface area (Å²) in [5, 5.41) is 4.26. The van der Waals surface area contributed by atoms with E-state index in [0.29, 0.717) is 6.42 Å².